The van der Waals surface area contributed by atoms with E-state index in [1.165, 1.54) is 0 Å². The second-order valence-corrected chi connectivity index (χ2v) is 3.85. The smallest absolute Gasteiger partial charge is 0.267 e. The summed E-state index contributed by atoms with van der Waals surface area (Å²) in [7, 11) is 5.69. The molecule has 0 saturated carbocycles. The van der Waals surface area contributed by atoms with E-state index in [9.17, 15) is 4.79 Å². The summed E-state index contributed by atoms with van der Waals surface area (Å²) in [5.74, 6) is -0.125. The molecule has 1 aromatic rings. The highest BCUT2D eigenvalue weighted by molar-refractivity contribution is 6.39. The number of benzene rings is 1. The lowest BCUT2D eigenvalue weighted by atomic mass is 9.91. The molecule has 0 aromatic heterocycles. The van der Waals surface area contributed by atoms with Gasteiger partial charge in [0.2, 0.25) is 0 Å². The maximum Gasteiger partial charge on any atom is 0.267 e. The number of carbonyl (C=O) groups is 1. The Hall–Kier alpha value is -1.58. The highest BCUT2D eigenvalue weighted by Crippen LogP contribution is 2.25. The van der Waals surface area contributed by atoms with Crippen molar-refractivity contribution in [3.05, 3.63) is 29.8 Å². The Morgan fingerprint density at radius 1 is 1.47 bits per heavy atom. The molecule has 4 heteroatoms. The molecule has 0 spiro atoms. The number of amides is 1. The third-order valence-electron chi connectivity index (χ3n) is 2.53. The van der Waals surface area contributed by atoms with Gasteiger partial charge in [0.15, 0.2) is 5.66 Å². The molecular formula is C11H11BN2O. The van der Waals surface area contributed by atoms with Gasteiger partial charge in [0, 0.05) is 0 Å². The molecule has 1 aliphatic heterocycles. The predicted molar refractivity (Wildman–Crippen MR) is 60.4 cm³/mol. The summed E-state index contributed by atoms with van der Waals surface area (Å²) in [5, 5.41) is 2.83. The van der Waals surface area contributed by atoms with Crippen molar-refractivity contribution in [1.29, 1.82) is 0 Å². The number of nitrogens with one attached hydrogen (secondary N) is 1. The average Bonchev–Trinajstić information content (AvgIpc) is 2.42. The molecule has 1 aliphatic rings. The van der Waals surface area contributed by atoms with Gasteiger partial charge in [0.1, 0.15) is 7.85 Å². The third-order valence-corrected chi connectivity index (χ3v) is 2.53. The molecule has 0 aliphatic carbocycles. The number of rotatable bonds is 1. The van der Waals surface area contributed by atoms with Crippen LogP contribution in [0.15, 0.2) is 29.3 Å². The molecular weight excluding hydrogens is 187 g/mol. The minimum Gasteiger partial charge on any atom is -0.323 e. The zero-order valence-electron chi connectivity index (χ0n) is 8.74. The van der Waals surface area contributed by atoms with Crippen LogP contribution in [-0.2, 0) is 10.5 Å². The van der Waals surface area contributed by atoms with Gasteiger partial charge >= 0.3 is 0 Å². The van der Waals surface area contributed by atoms with Crippen LogP contribution in [0.4, 0.5) is 0 Å². The summed E-state index contributed by atoms with van der Waals surface area (Å²) in [6.45, 7) is 3.56. The maximum absolute atomic E-state index is 11.4. The Morgan fingerprint density at radius 2 is 2.20 bits per heavy atom. The summed E-state index contributed by atoms with van der Waals surface area (Å²) in [4.78, 5) is 15.7. The third kappa shape index (κ3) is 1.67. The molecule has 2 rings (SSSR count). The Morgan fingerprint density at radius 3 is 2.73 bits per heavy atom. The van der Waals surface area contributed by atoms with Crippen molar-refractivity contribution in [3.8, 4) is 0 Å². The zero-order valence-corrected chi connectivity index (χ0v) is 8.74. The fraction of sp³-hybridized carbons (Fsp3) is 0.273. The molecule has 0 bridgehead atoms. The first-order valence-corrected chi connectivity index (χ1v) is 4.76. The highest BCUT2D eigenvalue weighted by Gasteiger charge is 2.34. The summed E-state index contributed by atoms with van der Waals surface area (Å²) < 4.78 is 0. The SMILES string of the molecule is [B]c1cccc(C2(C)N=C(C)C(=O)N2)c1. The quantitative estimate of drug-likeness (QED) is 0.645. The molecule has 1 atom stereocenters. The molecule has 1 aromatic carbocycles. The van der Waals surface area contributed by atoms with E-state index in [0.717, 1.165) is 5.56 Å². The number of carbonyl (C=O) groups excluding carboxylic acids is 1. The van der Waals surface area contributed by atoms with Crippen molar-refractivity contribution < 1.29 is 4.79 Å². The van der Waals surface area contributed by atoms with Crippen LogP contribution in [0.5, 0.6) is 0 Å². The minimum absolute atomic E-state index is 0.125. The van der Waals surface area contributed by atoms with Gasteiger partial charge in [0.05, 0.1) is 5.71 Å². The monoisotopic (exact) mass is 198 g/mol. The van der Waals surface area contributed by atoms with Crippen molar-refractivity contribution >= 4 is 24.9 Å². The van der Waals surface area contributed by atoms with E-state index < -0.39 is 5.66 Å². The molecule has 3 nitrogen and oxygen atoms in total. The van der Waals surface area contributed by atoms with Crippen LogP contribution in [0.3, 0.4) is 0 Å². The molecule has 0 saturated heterocycles. The minimum atomic E-state index is -0.670. The van der Waals surface area contributed by atoms with E-state index in [1.54, 1.807) is 13.0 Å². The van der Waals surface area contributed by atoms with Crippen LogP contribution in [0.2, 0.25) is 0 Å². The molecule has 74 valence electrons. The second kappa shape index (κ2) is 3.23. The molecule has 1 amide bonds. The summed E-state index contributed by atoms with van der Waals surface area (Å²) in [6, 6.07) is 7.38. The molecule has 1 N–H and O–H groups in total. The van der Waals surface area contributed by atoms with Crippen molar-refractivity contribution in [3.63, 3.8) is 0 Å². The van der Waals surface area contributed by atoms with Crippen LogP contribution < -0.4 is 10.8 Å². The summed E-state index contributed by atoms with van der Waals surface area (Å²) in [5.41, 5.74) is 1.40. The van der Waals surface area contributed by atoms with Gasteiger partial charge in [-0.3, -0.25) is 9.79 Å². The van der Waals surface area contributed by atoms with Crippen molar-refractivity contribution in [2.24, 2.45) is 4.99 Å². The highest BCUT2D eigenvalue weighted by atomic mass is 16.2. The lowest BCUT2D eigenvalue weighted by Crippen LogP contribution is -2.37. The fourth-order valence-corrected chi connectivity index (χ4v) is 1.70. The van der Waals surface area contributed by atoms with Crippen molar-refractivity contribution in [1.82, 2.24) is 5.32 Å². The van der Waals surface area contributed by atoms with E-state index in [4.69, 9.17) is 7.85 Å². The number of hydrogen-bond donors (Lipinski definition) is 1. The Kier molecular flexibility index (Phi) is 2.14. The van der Waals surface area contributed by atoms with Gasteiger partial charge < -0.3 is 5.32 Å². The number of hydrogen-bond acceptors (Lipinski definition) is 2. The molecule has 1 unspecified atom stereocenters. The van der Waals surface area contributed by atoms with Crippen molar-refractivity contribution in [2.45, 2.75) is 19.5 Å². The Labute approximate surface area is 90.0 Å². The molecule has 15 heavy (non-hydrogen) atoms. The average molecular weight is 198 g/mol. The van der Waals surface area contributed by atoms with Crippen LogP contribution in [0, 0.1) is 0 Å². The standard InChI is InChI=1S/C11H11BN2O/c1-7-10(15)14-11(2,13-7)8-4-3-5-9(12)6-8/h3-6H,1-2H3,(H,14,15). The fourth-order valence-electron chi connectivity index (χ4n) is 1.70. The summed E-state index contributed by atoms with van der Waals surface area (Å²) >= 11 is 0. The van der Waals surface area contributed by atoms with E-state index in [1.807, 2.05) is 25.1 Å². The van der Waals surface area contributed by atoms with Gasteiger partial charge in [-0.05, 0) is 19.4 Å². The van der Waals surface area contributed by atoms with Gasteiger partial charge in [-0.2, -0.15) is 0 Å². The first-order chi connectivity index (χ1) is 7.01. The second-order valence-electron chi connectivity index (χ2n) is 3.85. The Balaban J connectivity index is 2.44. The van der Waals surface area contributed by atoms with Crippen molar-refractivity contribution in [2.75, 3.05) is 0 Å². The van der Waals surface area contributed by atoms with Crippen LogP contribution in [0.1, 0.15) is 19.4 Å². The molecule has 2 radical (unpaired) electrons. The van der Waals surface area contributed by atoms with Gasteiger partial charge in [-0.1, -0.05) is 29.7 Å². The number of nitrogens with zero attached hydrogens (tertiary/aromatic N) is 1. The summed E-state index contributed by atoms with van der Waals surface area (Å²) in [6.07, 6.45) is 0. The molecule has 1 heterocycles. The topological polar surface area (TPSA) is 41.5 Å². The zero-order chi connectivity index (χ0) is 11.1. The number of aliphatic imine (C=N–C) groups is 1. The van der Waals surface area contributed by atoms with Gasteiger partial charge in [-0.25, -0.2) is 0 Å². The molecule has 0 fully saturated rings. The Bertz CT molecular complexity index is 456. The lowest BCUT2D eigenvalue weighted by molar-refractivity contribution is -0.115. The van der Waals surface area contributed by atoms with E-state index in [0.29, 0.717) is 11.2 Å². The van der Waals surface area contributed by atoms with Gasteiger partial charge in [-0.15, -0.1) is 0 Å². The van der Waals surface area contributed by atoms with Crippen LogP contribution in [0.25, 0.3) is 0 Å². The largest absolute Gasteiger partial charge is 0.323 e. The predicted octanol–water partition coefficient (Wildman–Crippen LogP) is 0.244. The maximum atomic E-state index is 11.4. The van der Waals surface area contributed by atoms with Gasteiger partial charge in [0.25, 0.3) is 5.91 Å². The first kappa shape index (κ1) is 9.96. The van der Waals surface area contributed by atoms with E-state index in [2.05, 4.69) is 10.3 Å². The van der Waals surface area contributed by atoms with Crippen LogP contribution in [-0.4, -0.2) is 19.5 Å². The van der Waals surface area contributed by atoms with Crippen LogP contribution >= 0.6 is 0 Å². The first-order valence-electron chi connectivity index (χ1n) is 4.76. The normalized spacial score (nSPS) is 24.9. The van der Waals surface area contributed by atoms with E-state index in [-0.39, 0.29) is 5.91 Å². The lowest BCUT2D eigenvalue weighted by Gasteiger charge is -2.22. The van der Waals surface area contributed by atoms with E-state index >= 15 is 0 Å².